The molecule has 0 radical (unpaired) electrons. The lowest BCUT2D eigenvalue weighted by atomic mass is 10.1. The van der Waals surface area contributed by atoms with Crippen LogP contribution in [0, 0.1) is 0 Å². The van der Waals surface area contributed by atoms with Crippen LogP contribution in [-0.2, 0) is 16.1 Å². The van der Waals surface area contributed by atoms with Crippen LogP contribution in [0.25, 0.3) is 6.08 Å². The highest BCUT2D eigenvalue weighted by atomic mass is 35.5. The van der Waals surface area contributed by atoms with E-state index in [0.717, 1.165) is 11.1 Å². The summed E-state index contributed by atoms with van der Waals surface area (Å²) in [6.07, 6.45) is 1.62. The molecule has 0 N–H and O–H groups in total. The fourth-order valence-corrected chi connectivity index (χ4v) is 3.25. The Labute approximate surface area is 189 Å². The SMILES string of the molecule is COc1cc(/C=C2\N=C(c3ccc(Cl)c(Cl)c3)OC2=O)ccc1OCc1ccccc1. The Morgan fingerprint density at radius 2 is 1.77 bits per heavy atom. The van der Waals surface area contributed by atoms with Crippen molar-refractivity contribution >= 4 is 41.1 Å². The molecule has 1 aliphatic heterocycles. The highest BCUT2D eigenvalue weighted by molar-refractivity contribution is 6.42. The quantitative estimate of drug-likeness (QED) is 0.343. The Bertz CT molecular complexity index is 1190. The lowest BCUT2D eigenvalue weighted by molar-refractivity contribution is -0.129. The summed E-state index contributed by atoms with van der Waals surface area (Å²) in [5.74, 6) is 0.766. The molecule has 7 heteroatoms. The Balaban J connectivity index is 1.55. The Kier molecular flexibility index (Phi) is 6.26. The minimum Gasteiger partial charge on any atom is -0.493 e. The van der Waals surface area contributed by atoms with E-state index >= 15 is 0 Å². The highest BCUT2D eigenvalue weighted by Gasteiger charge is 2.24. The van der Waals surface area contributed by atoms with Crippen molar-refractivity contribution in [2.75, 3.05) is 7.11 Å². The second-order valence-corrected chi connectivity index (χ2v) is 7.46. The smallest absolute Gasteiger partial charge is 0.363 e. The first kappa shape index (κ1) is 21.0. The Morgan fingerprint density at radius 1 is 0.968 bits per heavy atom. The van der Waals surface area contributed by atoms with Crippen molar-refractivity contribution < 1.29 is 19.0 Å². The zero-order valence-corrected chi connectivity index (χ0v) is 18.0. The molecule has 0 unspecified atom stereocenters. The van der Waals surface area contributed by atoms with Crippen LogP contribution in [0.5, 0.6) is 11.5 Å². The van der Waals surface area contributed by atoms with Crippen LogP contribution in [-0.4, -0.2) is 19.0 Å². The third-order valence-electron chi connectivity index (χ3n) is 4.52. The van der Waals surface area contributed by atoms with Crippen molar-refractivity contribution in [1.29, 1.82) is 0 Å². The van der Waals surface area contributed by atoms with Crippen LogP contribution in [0.3, 0.4) is 0 Å². The molecule has 3 aromatic rings. The number of nitrogens with zero attached hydrogens (tertiary/aromatic N) is 1. The van der Waals surface area contributed by atoms with E-state index in [1.54, 1.807) is 43.5 Å². The van der Waals surface area contributed by atoms with Crippen molar-refractivity contribution in [3.05, 3.63) is 99.2 Å². The highest BCUT2D eigenvalue weighted by Crippen LogP contribution is 2.31. The molecule has 0 spiro atoms. The molecule has 0 aromatic heterocycles. The molecule has 0 bridgehead atoms. The topological polar surface area (TPSA) is 57.1 Å². The maximum absolute atomic E-state index is 12.3. The average molecular weight is 454 g/mol. The molecule has 0 fully saturated rings. The summed E-state index contributed by atoms with van der Waals surface area (Å²) in [7, 11) is 1.56. The van der Waals surface area contributed by atoms with Gasteiger partial charge in [0, 0.05) is 5.56 Å². The van der Waals surface area contributed by atoms with Gasteiger partial charge in [-0.2, -0.15) is 0 Å². The number of methoxy groups -OCH3 is 1. The Morgan fingerprint density at radius 3 is 2.52 bits per heavy atom. The van der Waals surface area contributed by atoms with Crippen LogP contribution in [0.2, 0.25) is 10.0 Å². The standard InChI is InChI=1S/C24H17Cl2NO4/c1-29-22-12-16(7-10-21(22)30-14-15-5-3-2-4-6-15)11-20-24(28)31-23(27-20)17-8-9-18(25)19(26)13-17/h2-13H,14H2,1H3/b20-11-. The van der Waals surface area contributed by atoms with Gasteiger partial charge in [-0.3, -0.25) is 0 Å². The van der Waals surface area contributed by atoms with Gasteiger partial charge in [0.15, 0.2) is 17.2 Å². The summed E-state index contributed by atoms with van der Waals surface area (Å²) in [5.41, 5.74) is 2.50. The molecular weight excluding hydrogens is 437 g/mol. The first-order valence-corrected chi connectivity index (χ1v) is 10.1. The maximum Gasteiger partial charge on any atom is 0.363 e. The number of benzene rings is 3. The van der Waals surface area contributed by atoms with Gasteiger partial charge in [0.2, 0.25) is 5.90 Å². The monoisotopic (exact) mass is 453 g/mol. The van der Waals surface area contributed by atoms with E-state index < -0.39 is 5.97 Å². The first-order chi connectivity index (χ1) is 15.0. The molecule has 0 saturated heterocycles. The number of carbonyl (C=O) groups is 1. The molecule has 4 rings (SSSR count). The van der Waals surface area contributed by atoms with Crippen LogP contribution in [0.4, 0.5) is 0 Å². The minimum absolute atomic E-state index is 0.168. The molecule has 0 saturated carbocycles. The molecule has 1 aliphatic rings. The van der Waals surface area contributed by atoms with Crippen LogP contribution < -0.4 is 9.47 Å². The first-order valence-electron chi connectivity index (χ1n) is 9.36. The second-order valence-electron chi connectivity index (χ2n) is 6.65. The van der Waals surface area contributed by atoms with Crippen molar-refractivity contribution in [2.45, 2.75) is 6.61 Å². The maximum atomic E-state index is 12.3. The van der Waals surface area contributed by atoms with Crippen molar-refractivity contribution in [3.63, 3.8) is 0 Å². The van der Waals surface area contributed by atoms with Crippen molar-refractivity contribution in [2.24, 2.45) is 4.99 Å². The Hall–Kier alpha value is -3.28. The largest absolute Gasteiger partial charge is 0.493 e. The number of cyclic esters (lactones) is 1. The van der Waals surface area contributed by atoms with Gasteiger partial charge in [-0.25, -0.2) is 9.79 Å². The number of carbonyl (C=O) groups excluding carboxylic acids is 1. The van der Waals surface area contributed by atoms with Gasteiger partial charge in [-0.15, -0.1) is 0 Å². The average Bonchev–Trinajstić information content (AvgIpc) is 3.15. The summed E-state index contributed by atoms with van der Waals surface area (Å²) in [6.45, 7) is 0.418. The third-order valence-corrected chi connectivity index (χ3v) is 5.25. The molecule has 0 aliphatic carbocycles. The van der Waals surface area contributed by atoms with Crippen molar-refractivity contribution in [3.8, 4) is 11.5 Å². The summed E-state index contributed by atoms with van der Waals surface area (Å²) < 4.78 is 16.6. The number of esters is 1. The fraction of sp³-hybridized carbons (Fsp3) is 0.0833. The normalized spacial score (nSPS) is 14.4. The third kappa shape index (κ3) is 4.90. The van der Waals surface area contributed by atoms with E-state index in [1.807, 2.05) is 36.4 Å². The number of rotatable bonds is 6. The molecule has 3 aromatic carbocycles. The lowest BCUT2D eigenvalue weighted by Gasteiger charge is -2.11. The van der Waals surface area contributed by atoms with E-state index in [1.165, 1.54) is 0 Å². The molecule has 5 nitrogen and oxygen atoms in total. The van der Waals surface area contributed by atoms with E-state index in [9.17, 15) is 4.79 Å². The molecule has 1 heterocycles. The van der Waals surface area contributed by atoms with Gasteiger partial charge in [0.25, 0.3) is 0 Å². The predicted octanol–water partition coefficient (Wildman–Crippen LogP) is 5.93. The van der Waals surface area contributed by atoms with Crippen LogP contribution in [0.15, 0.2) is 77.4 Å². The number of ether oxygens (including phenoxy) is 3. The van der Waals surface area contributed by atoms with Crippen LogP contribution in [0.1, 0.15) is 16.7 Å². The van der Waals surface area contributed by atoms with Crippen molar-refractivity contribution in [1.82, 2.24) is 0 Å². The zero-order chi connectivity index (χ0) is 21.8. The summed E-state index contributed by atoms with van der Waals surface area (Å²) in [6, 6.07) is 20.1. The summed E-state index contributed by atoms with van der Waals surface area (Å²) in [4.78, 5) is 16.6. The van der Waals surface area contributed by atoms with Gasteiger partial charge < -0.3 is 14.2 Å². The number of aliphatic imine (C=N–C) groups is 1. The summed E-state index contributed by atoms with van der Waals surface area (Å²) in [5, 5.41) is 0.763. The lowest BCUT2D eigenvalue weighted by Crippen LogP contribution is -2.05. The number of hydrogen-bond donors (Lipinski definition) is 0. The van der Waals surface area contributed by atoms with Gasteiger partial charge >= 0.3 is 5.97 Å². The van der Waals surface area contributed by atoms with E-state index in [0.29, 0.717) is 33.7 Å². The zero-order valence-electron chi connectivity index (χ0n) is 16.5. The molecule has 31 heavy (non-hydrogen) atoms. The molecular formula is C24H17Cl2NO4. The van der Waals surface area contributed by atoms with E-state index in [-0.39, 0.29) is 11.6 Å². The summed E-state index contributed by atoms with van der Waals surface area (Å²) >= 11 is 12.0. The van der Waals surface area contributed by atoms with E-state index in [2.05, 4.69) is 4.99 Å². The van der Waals surface area contributed by atoms with Crippen LogP contribution >= 0.6 is 23.2 Å². The second kappa shape index (κ2) is 9.25. The minimum atomic E-state index is -0.551. The van der Waals surface area contributed by atoms with E-state index in [4.69, 9.17) is 37.4 Å². The molecule has 0 amide bonds. The molecule has 0 atom stereocenters. The predicted molar refractivity (Wildman–Crippen MR) is 121 cm³/mol. The molecule has 156 valence electrons. The van der Waals surface area contributed by atoms with Gasteiger partial charge in [-0.05, 0) is 47.5 Å². The number of halogens is 2. The van der Waals surface area contributed by atoms with Gasteiger partial charge in [0.05, 0.1) is 17.2 Å². The number of hydrogen-bond acceptors (Lipinski definition) is 5. The fourth-order valence-electron chi connectivity index (χ4n) is 2.95. The van der Waals surface area contributed by atoms with Gasteiger partial charge in [-0.1, -0.05) is 59.6 Å². The van der Waals surface area contributed by atoms with Gasteiger partial charge in [0.1, 0.15) is 6.61 Å².